The van der Waals surface area contributed by atoms with Gasteiger partial charge in [-0.15, -0.1) is 0 Å². The molecule has 0 unspecified atom stereocenters. The van der Waals surface area contributed by atoms with Gasteiger partial charge in [-0.3, -0.25) is 14.2 Å². The minimum absolute atomic E-state index is 0.109. The normalized spacial score (nSPS) is 11.7. The van der Waals surface area contributed by atoms with Crippen LogP contribution < -0.4 is 5.32 Å². The number of amides is 1. The Labute approximate surface area is 122 Å². The molecule has 0 spiro atoms. The molecular formula is C11H11ClF3N5O. The largest absolute Gasteiger partial charge is 0.436 e. The summed E-state index contributed by atoms with van der Waals surface area (Å²) in [6.45, 7) is 0.109. The lowest BCUT2D eigenvalue weighted by molar-refractivity contribution is -0.141. The van der Waals surface area contributed by atoms with Crippen LogP contribution in [0.4, 0.5) is 13.2 Å². The van der Waals surface area contributed by atoms with Gasteiger partial charge in [-0.1, -0.05) is 11.6 Å². The first-order chi connectivity index (χ1) is 9.71. The molecule has 0 atom stereocenters. The van der Waals surface area contributed by atoms with E-state index >= 15 is 0 Å². The molecule has 2 aromatic heterocycles. The Balaban J connectivity index is 2.20. The lowest BCUT2D eigenvalue weighted by atomic mass is 10.3. The Morgan fingerprint density at radius 1 is 1.38 bits per heavy atom. The van der Waals surface area contributed by atoms with Crippen LogP contribution in [0.2, 0.25) is 5.02 Å². The Morgan fingerprint density at radius 3 is 2.52 bits per heavy atom. The van der Waals surface area contributed by atoms with Crippen molar-refractivity contribution < 1.29 is 18.0 Å². The number of aromatic nitrogens is 4. The number of hydrogen-bond acceptors (Lipinski definition) is 3. The molecule has 1 amide bonds. The minimum atomic E-state index is -4.71. The molecule has 0 radical (unpaired) electrons. The fourth-order valence-corrected chi connectivity index (χ4v) is 2.11. The fourth-order valence-electron chi connectivity index (χ4n) is 1.76. The van der Waals surface area contributed by atoms with Gasteiger partial charge in [0.05, 0.1) is 12.2 Å². The van der Waals surface area contributed by atoms with E-state index in [1.165, 1.54) is 11.7 Å². The summed E-state index contributed by atoms with van der Waals surface area (Å²) in [5.41, 5.74) is -0.929. The zero-order valence-electron chi connectivity index (χ0n) is 11.1. The summed E-state index contributed by atoms with van der Waals surface area (Å²) in [6.07, 6.45) is -3.17. The van der Waals surface area contributed by atoms with E-state index in [1.54, 1.807) is 19.3 Å². The Hall–Kier alpha value is -2.03. The van der Waals surface area contributed by atoms with Crippen LogP contribution in [0, 0.1) is 0 Å². The van der Waals surface area contributed by atoms with Gasteiger partial charge < -0.3 is 5.32 Å². The van der Waals surface area contributed by atoms with Crippen molar-refractivity contribution in [1.82, 2.24) is 24.9 Å². The molecule has 0 aliphatic heterocycles. The summed E-state index contributed by atoms with van der Waals surface area (Å²) in [5.74, 6) is -0.744. The van der Waals surface area contributed by atoms with Crippen LogP contribution in [0.3, 0.4) is 0 Å². The summed E-state index contributed by atoms with van der Waals surface area (Å²) in [6, 6.07) is 1.67. The van der Waals surface area contributed by atoms with E-state index in [2.05, 4.69) is 15.5 Å². The van der Waals surface area contributed by atoms with Crippen molar-refractivity contribution in [2.45, 2.75) is 12.7 Å². The average molecular weight is 322 g/mol. The van der Waals surface area contributed by atoms with Crippen LogP contribution in [-0.2, 0) is 26.8 Å². The number of rotatable bonds is 3. The van der Waals surface area contributed by atoms with Gasteiger partial charge in [-0.05, 0) is 6.07 Å². The van der Waals surface area contributed by atoms with Crippen molar-refractivity contribution in [2.24, 2.45) is 14.1 Å². The first-order valence-electron chi connectivity index (χ1n) is 5.76. The molecule has 2 rings (SSSR count). The molecule has 0 saturated carbocycles. The number of alkyl halides is 3. The fraction of sp³-hybridized carbons (Fsp3) is 0.364. The highest BCUT2D eigenvalue weighted by atomic mass is 35.5. The van der Waals surface area contributed by atoms with E-state index in [1.807, 2.05) is 0 Å². The van der Waals surface area contributed by atoms with Gasteiger partial charge in [-0.2, -0.15) is 23.4 Å². The summed E-state index contributed by atoms with van der Waals surface area (Å²) >= 11 is 5.62. The maximum absolute atomic E-state index is 12.7. The quantitative estimate of drug-likeness (QED) is 0.937. The monoisotopic (exact) mass is 321 g/mol. The molecule has 6 nitrogen and oxygen atoms in total. The second-order valence-corrected chi connectivity index (χ2v) is 4.64. The third-order valence-corrected chi connectivity index (χ3v) is 3.18. The molecule has 0 saturated heterocycles. The summed E-state index contributed by atoms with van der Waals surface area (Å²) in [5, 5.41) is 8.92. The first kappa shape index (κ1) is 15.4. The van der Waals surface area contributed by atoms with Gasteiger partial charge in [0.25, 0.3) is 5.91 Å². The molecule has 2 heterocycles. The van der Waals surface area contributed by atoms with Crippen LogP contribution in [0.1, 0.15) is 21.9 Å². The van der Waals surface area contributed by atoms with Crippen molar-refractivity contribution in [3.05, 3.63) is 34.4 Å². The molecular weight excluding hydrogens is 311 g/mol. The van der Waals surface area contributed by atoms with Gasteiger partial charge in [0.15, 0.2) is 5.69 Å². The molecule has 2 aromatic rings. The Bertz CT molecular complexity index is 676. The van der Waals surface area contributed by atoms with Crippen molar-refractivity contribution >= 4 is 17.5 Å². The van der Waals surface area contributed by atoms with Crippen LogP contribution in [-0.4, -0.2) is 25.5 Å². The number of halogens is 4. The predicted molar refractivity (Wildman–Crippen MR) is 67.6 cm³/mol. The minimum Gasteiger partial charge on any atom is -0.345 e. The van der Waals surface area contributed by atoms with Gasteiger partial charge in [0.2, 0.25) is 0 Å². The second kappa shape index (κ2) is 5.40. The highest BCUT2D eigenvalue weighted by Gasteiger charge is 2.39. The van der Waals surface area contributed by atoms with Gasteiger partial charge in [0.1, 0.15) is 10.7 Å². The standard InChI is InChI=1S/C11H11ClF3N5O/c1-19-6(3-4-17-19)5-16-10(21)8-7(12)9(11(13,14)15)18-20(8)2/h3-4H,5H2,1-2H3,(H,16,21). The molecule has 0 aromatic carbocycles. The van der Waals surface area contributed by atoms with Crippen LogP contribution in [0.25, 0.3) is 0 Å². The van der Waals surface area contributed by atoms with E-state index < -0.39 is 22.8 Å². The van der Waals surface area contributed by atoms with Gasteiger partial charge in [0, 0.05) is 20.3 Å². The van der Waals surface area contributed by atoms with Crippen LogP contribution >= 0.6 is 11.6 Å². The van der Waals surface area contributed by atoms with E-state index in [0.29, 0.717) is 5.69 Å². The van der Waals surface area contributed by atoms with Crippen molar-refractivity contribution in [1.29, 1.82) is 0 Å². The van der Waals surface area contributed by atoms with Crippen LogP contribution in [0.5, 0.6) is 0 Å². The number of aryl methyl sites for hydroxylation is 2. The van der Waals surface area contributed by atoms with E-state index in [0.717, 1.165) is 4.68 Å². The SMILES string of the molecule is Cn1nccc1CNC(=O)c1c(Cl)c(C(F)(F)F)nn1C. The lowest BCUT2D eigenvalue weighted by Gasteiger charge is -2.06. The van der Waals surface area contributed by atoms with E-state index in [4.69, 9.17) is 11.6 Å². The lowest BCUT2D eigenvalue weighted by Crippen LogP contribution is -2.26. The number of nitrogens with one attached hydrogen (secondary N) is 1. The van der Waals surface area contributed by atoms with Gasteiger partial charge in [-0.25, -0.2) is 0 Å². The molecule has 0 aliphatic rings. The predicted octanol–water partition coefficient (Wildman–Crippen LogP) is 1.76. The van der Waals surface area contributed by atoms with Crippen molar-refractivity contribution in [2.75, 3.05) is 0 Å². The maximum Gasteiger partial charge on any atom is 0.436 e. The van der Waals surface area contributed by atoms with Gasteiger partial charge >= 0.3 is 6.18 Å². The highest BCUT2D eigenvalue weighted by Crippen LogP contribution is 2.35. The van der Waals surface area contributed by atoms with E-state index in [-0.39, 0.29) is 12.2 Å². The molecule has 0 fully saturated rings. The summed E-state index contributed by atoms with van der Waals surface area (Å²) < 4.78 is 40.3. The summed E-state index contributed by atoms with van der Waals surface area (Å²) in [7, 11) is 2.90. The topological polar surface area (TPSA) is 64.7 Å². The molecule has 1 N–H and O–H groups in total. The molecule has 0 aliphatic carbocycles. The Kier molecular flexibility index (Phi) is 3.95. The highest BCUT2D eigenvalue weighted by molar-refractivity contribution is 6.34. The molecule has 10 heteroatoms. The zero-order chi connectivity index (χ0) is 15.8. The summed E-state index contributed by atoms with van der Waals surface area (Å²) in [4.78, 5) is 12.0. The average Bonchev–Trinajstić information content (AvgIpc) is 2.90. The smallest absolute Gasteiger partial charge is 0.345 e. The number of carbonyl (C=O) groups is 1. The molecule has 21 heavy (non-hydrogen) atoms. The zero-order valence-corrected chi connectivity index (χ0v) is 11.8. The molecule has 114 valence electrons. The van der Waals surface area contributed by atoms with E-state index in [9.17, 15) is 18.0 Å². The van der Waals surface area contributed by atoms with Crippen molar-refractivity contribution in [3.63, 3.8) is 0 Å². The molecule has 0 bridgehead atoms. The second-order valence-electron chi connectivity index (χ2n) is 4.26. The first-order valence-corrected chi connectivity index (χ1v) is 6.14. The third-order valence-electron chi connectivity index (χ3n) is 2.83. The third kappa shape index (κ3) is 3.02. The van der Waals surface area contributed by atoms with Crippen molar-refractivity contribution in [3.8, 4) is 0 Å². The number of hydrogen-bond donors (Lipinski definition) is 1. The Morgan fingerprint density at radius 2 is 2.05 bits per heavy atom. The number of carbonyl (C=O) groups excluding carboxylic acids is 1. The maximum atomic E-state index is 12.7. The number of nitrogens with zero attached hydrogens (tertiary/aromatic N) is 4. The van der Waals surface area contributed by atoms with Crippen LogP contribution in [0.15, 0.2) is 12.3 Å².